The third-order valence-electron chi connectivity index (χ3n) is 3.86. The number of hydrogen-bond donors (Lipinski definition) is 2. The highest BCUT2D eigenvalue weighted by Crippen LogP contribution is 2.36. The van der Waals surface area contributed by atoms with E-state index in [1.807, 2.05) is 36.4 Å². The second kappa shape index (κ2) is 8.78. The van der Waals surface area contributed by atoms with Gasteiger partial charge in [-0.1, -0.05) is 29.8 Å². The number of aliphatic imine (C=N–C) groups is 1. The van der Waals surface area contributed by atoms with Crippen molar-refractivity contribution in [2.24, 2.45) is 4.99 Å². The molecule has 3 nitrogen and oxygen atoms in total. The Bertz CT molecular complexity index is 1010. The van der Waals surface area contributed by atoms with Crippen molar-refractivity contribution in [1.29, 1.82) is 0 Å². The van der Waals surface area contributed by atoms with E-state index in [4.69, 9.17) is 11.6 Å². The molecule has 3 aromatic rings. The van der Waals surface area contributed by atoms with E-state index in [9.17, 15) is 10.2 Å². The van der Waals surface area contributed by atoms with Gasteiger partial charge in [0.05, 0.1) is 19.1 Å². The molecule has 138 valence electrons. The fraction of sp³-hybridized carbons (Fsp3) is 0.0500. The van der Waals surface area contributed by atoms with E-state index in [-0.39, 0.29) is 11.5 Å². The first kappa shape index (κ1) is 20.4. The van der Waals surface area contributed by atoms with E-state index in [0.29, 0.717) is 36.1 Å². The molecule has 0 aromatic heterocycles. The summed E-state index contributed by atoms with van der Waals surface area (Å²) in [4.78, 5) is 4.40. The summed E-state index contributed by atoms with van der Waals surface area (Å²) < 4.78 is 1.64. The van der Waals surface area contributed by atoms with Crippen molar-refractivity contribution in [3.63, 3.8) is 0 Å². The van der Waals surface area contributed by atoms with Crippen molar-refractivity contribution in [2.45, 2.75) is 6.42 Å². The zero-order valence-corrected chi connectivity index (χ0v) is 19.3. The summed E-state index contributed by atoms with van der Waals surface area (Å²) in [6.07, 6.45) is 2.22. The molecular formula is C20H13Br3ClNO2. The minimum atomic E-state index is 0.110. The first-order chi connectivity index (χ1) is 12.8. The molecule has 0 aliphatic heterocycles. The number of rotatable bonds is 4. The highest BCUT2D eigenvalue weighted by atomic mass is 79.9. The molecule has 0 atom stereocenters. The molecule has 0 fully saturated rings. The standard InChI is InChI=1S/C20H13Br3ClNO2/c21-15-7-11(5-12-3-1-2-4-18(12)24)6-13(19(15)26)10-25-14-8-16(22)20(27)17(23)9-14/h1-4,6-10,26-27H,5H2. The third-order valence-corrected chi connectivity index (χ3v) is 6.04. The van der Waals surface area contributed by atoms with E-state index < -0.39 is 0 Å². The van der Waals surface area contributed by atoms with E-state index in [1.165, 1.54) is 0 Å². The number of benzene rings is 3. The molecule has 3 rings (SSSR count). The van der Waals surface area contributed by atoms with Gasteiger partial charge in [0, 0.05) is 16.8 Å². The maximum absolute atomic E-state index is 10.4. The Balaban J connectivity index is 1.94. The summed E-state index contributed by atoms with van der Waals surface area (Å²) in [7, 11) is 0. The lowest BCUT2D eigenvalue weighted by Gasteiger charge is -2.09. The second-order valence-corrected chi connectivity index (χ2v) is 8.77. The normalized spacial score (nSPS) is 11.3. The van der Waals surface area contributed by atoms with Gasteiger partial charge in [0.2, 0.25) is 0 Å². The molecule has 0 saturated carbocycles. The predicted molar refractivity (Wildman–Crippen MR) is 121 cm³/mol. The molecule has 0 spiro atoms. The molecule has 0 heterocycles. The maximum atomic E-state index is 10.4. The molecule has 0 unspecified atom stereocenters. The minimum absolute atomic E-state index is 0.110. The molecule has 3 aromatic carbocycles. The van der Waals surface area contributed by atoms with E-state index in [1.54, 1.807) is 18.3 Å². The van der Waals surface area contributed by atoms with Crippen molar-refractivity contribution in [1.82, 2.24) is 0 Å². The quantitative estimate of drug-likeness (QED) is 0.320. The lowest BCUT2D eigenvalue weighted by Crippen LogP contribution is -1.93. The SMILES string of the molecule is Oc1c(Br)cc(N=Cc2cc(Cc3ccccc3Cl)cc(Br)c2O)cc1Br. The summed E-state index contributed by atoms with van der Waals surface area (Å²) >= 11 is 16.2. The predicted octanol–water partition coefficient (Wildman–Crippen LogP) is 7.38. The van der Waals surface area contributed by atoms with Crippen LogP contribution in [0.3, 0.4) is 0 Å². The Morgan fingerprint density at radius 1 is 0.889 bits per heavy atom. The smallest absolute Gasteiger partial charge is 0.144 e. The Labute approximate surface area is 187 Å². The van der Waals surface area contributed by atoms with Crippen molar-refractivity contribution >= 4 is 71.3 Å². The monoisotopic (exact) mass is 571 g/mol. The van der Waals surface area contributed by atoms with Gasteiger partial charge in [0.25, 0.3) is 0 Å². The Hall–Kier alpha value is -1.34. The Morgan fingerprint density at radius 3 is 2.19 bits per heavy atom. The first-order valence-electron chi connectivity index (χ1n) is 7.82. The fourth-order valence-corrected chi connectivity index (χ4v) is 4.40. The van der Waals surface area contributed by atoms with E-state index in [0.717, 1.165) is 11.1 Å². The first-order valence-corrected chi connectivity index (χ1v) is 10.6. The summed E-state index contributed by atoms with van der Waals surface area (Å²) in [6.45, 7) is 0. The van der Waals surface area contributed by atoms with Crippen molar-refractivity contribution in [3.05, 3.63) is 83.7 Å². The van der Waals surface area contributed by atoms with Crippen LogP contribution in [0.15, 0.2) is 66.9 Å². The van der Waals surface area contributed by atoms with Crippen LogP contribution in [0.4, 0.5) is 5.69 Å². The summed E-state index contributed by atoms with van der Waals surface area (Å²) in [5.41, 5.74) is 3.19. The van der Waals surface area contributed by atoms with Crippen LogP contribution in [0.2, 0.25) is 5.02 Å². The zero-order chi connectivity index (χ0) is 19.6. The maximum Gasteiger partial charge on any atom is 0.144 e. The van der Waals surface area contributed by atoms with Crippen LogP contribution in [0.1, 0.15) is 16.7 Å². The summed E-state index contributed by atoms with van der Waals surface area (Å²) in [5.74, 6) is 0.222. The molecule has 2 N–H and O–H groups in total. The van der Waals surface area contributed by atoms with Crippen molar-refractivity contribution in [3.8, 4) is 11.5 Å². The van der Waals surface area contributed by atoms with Crippen LogP contribution < -0.4 is 0 Å². The average Bonchev–Trinajstić information content (AvgIpc) is 2.63. The highest BCUT2D eigenvalue weighted by molar-refractivity contribution is 9.11. The molecule has 0 aliphatic rings. The summed E-state index contributed by atoms with van der Waals surface area (Å²) in [6, 6.07) is 14.8. The molecule has 0 bridgehead atoms. The minimum Gasteiger partial charge on any atom is -0.506 e. The average molecular weight is 574 g/mol. The fourth-order valence-electron chi connectivity index (χ4n) is 2.51. The Kier molecular flexibility index (Phi) is 6.63. The van der Waals surface area contributed by atoms with Crippen LogP contribution in [-0.2, 0) is 6.42 Å². The van der Waals surface area contributed by atoms with E-state index in [2.05, 4.69) is 52.8 Å². The number of phenols is 2. The van der Waals surface area contributed by atoms with Crippen molar-refractivity contribution in [2.75, 3.05) is 0 Å². The molecule has 0 radical (unpaired) electrons. The van der Waals surface area contributed by atoms with Crippen molar-refractivity contribution < 1.29 is 10.2 Å². The number of nitrogens with zero attached hydrogens (tertiary/aromatic N) is 1. The topological polar surface area (TPSA) is 52.8 Å². The molecule has 27 heavy (non-hydrogen) atoms. The molecule has 7 heteroatoms. The van der Waals surface area contributed by atoms with Gasteiger partial charge in [-0.25, -0.2) is 0 Å². The molecule has 0 aliphatic carbocycles. The van der Waals surface area contributed by atoms with Gasteiger partial charge in [-0.2, -0.15) is 0 Å². The number of aromatic hydroxyl groups is 2. The molecule has 0 amide bonds. The lowest BCUT2D eigenvalue weighted by atomic mass is 10.0. The van der Waals surface area contributed by atoms with Crippen LogP contribution >= 0.6 is 59.4 Å². The second-order valence-electron chi connectivity index (χ2n) is 5.80. The summed E-state index contributed by atoms with van der Waals surface area (Å²) in [5, 5.41) is 20.8. The van der Waals surface area contributed by atoms with Gasteiger partial charge in [0.1, 0.15) is 11.5 Å². The van der Waals surface area contributed by atoms with Gasteiger partial charge in [-0.3, -0.25) is 4.99 Å². The number of hydrogen-bond acceptors (Lipinski definition) is 3. The highest BCUT2D eigenvalue weighted by Gasteiger charge is 2.10. The van der Waals surface area contributed by atoms with Crippen LogP contribution in [0.25, 0.3) is 0 Å². The Morgan fingerprint density at radius 2 is 1.52 bits per heavy atom. The van der Waals surface area contributed by atoms with E-state index >= 15 is 0 Å². The third kappa shape index (κ3) is 4.93. The van der Waals surface area contributed by atoms with Crippen LogP contribution in [0.5, 0.6) is 11.5 Å². The lowest BCUT2D eigenvalue weighted by molar-refractivity contribution is 0.468. The van der Waals surface area contributed by atoms with Gasteiger partial charge in [-0.15, -0.1) is 0 Å². The van der Waals surface area contributed by atoms with Gasteiger partial charge >= 0.3 is 0 Å². The zero-order valence-electron chi connectivity index (χ0n) is 13.8. The van der Waals surface area contributed by atoms with Crippen LogP contribution in [0, 0.1) is 0 Å². The number of phenolic OH excluding ortho intramolecular Hbond substituents is 2. The largest absolute Gasteiger partial charge is 0.506 e. The molecule has 0 saturated heterocycles. The van der Waals surface area contributed by atoms with Gasteiger partial charge in [-0.05, 0) is 95.7 Å². The van der Waals surface area contributed by atoms with Gasteiger partial charge in [0.15, 0.2) is 0 Å². The number of halogens is 4. The molecular weight excluding hydrogens is 561 g/mol. The van der Waals surface area contributed by atoms with Gasteiger partial charge < -0.3 is 10.2 Å². The van der Waals surface area contributed by atoms with Crippen LogP contribution in [-0.4, -0.2) is 16.4 Å².